The van der Waals surface area contributed by atoms with E-state index in [9.17, 15) is 0 Å². The lowest BCUT2D eigenvalue weighted by Gasteiger charge is -2.33. The van der Waals surface area contributed by atoms with Crippen molar-refractivity contribution in [2.45, 2.75) is 58.5 Å². The third-order valence-electron chi connectivity index (χ3n) is 5.88. The van der Waals surface area contributed by atoms with Crippen molar-refractivity contribution in [3.05, 3.63) is 54.3 Å². The maximum Gasteiger partial charge on any atom is 0.214 e. The number of rotatable bonds is 6. The van der Waals surface area contributed by atoms with E-state index in [2.05, 4.69) is 74.8 Å². The SMILES string of the molecule is C=C1c2sc(-n3cc[n+](CCCC)n3)cc2-c2cccc[n+]2C1(CC)CC. The third-order valence-corrected chi connectivity index (χ3v) is 7.06. The smallest absolute Gasteiger partial charge is 0.189 e. The third kappa shape index (κ3) is 2.76. The van der Waals surface area contributed by atoms with Gasteiger partial charge in [-0.3, -0.25) is 0 Å². The normalized spacial score (nSPS) is 14.9. The Morgan fingerprint density at radius 2 is 2.00 bits per heavy atom. The molecule has 0 N–H and O–H groups in total. The lowest BCUT2D eigenvalue weighted by Crippen LogP contribution is -2.58. The van der Waals surface area contributed by atoms with Crippen molar-refractivity contribution < 1.29 is 9.25 Å². The van der Waals surface area contributed by atoms with Crippen LogP contribution in [-0.4, -0.2) is 9.90 Å². The number of aromatic nitrogens is 4. The summed E-state index contributed by atoms with van der Waals surface area (Å²) in [5.41, 5.74) is 3.73. The quantitative estimate of drug-likeness (QED) is 0.577. The molecule has 4 heterocycles. The topological polar surface area (TPSA) is 25.6 Å². The Labute approximate surface area is 165 Å². The molecule has 0 fully saturated rings. The molecule has 0 atom stereocenters. The van der Waals surface area contributed by atoms with Crippen LogP contribution in [0.2, 0.25) is 0 Å². The molecule has 0 aromatic carbocycles. The molecule has 1 aliphatic heterocycles. The van der Waals surface area contributed by atoms with Crippen molar-refractivity contribution >= 4 is 16.9 Å². The number of fused-ring (bicyclic) bond motifs is 3. The number of thiophene rings is 1. The molecule has 0 amide bonds. The molecule has 5 heteroatoms. The van der Waals surface area contributed by atoms with Crippen LogP contribution < -0.4 is 9.25 Å². The van der Waals surface area contributed by atoms with Gasteiger partial charge in [0.2, 0.25) is 10.7 Å². The van der Waals surface area contributed by atoms with Crippen molar-refractivity contribution in [3.8, 4) is 16.3 Å². The van der Waals surface area contributed by atoms with E-state index in [1.54, 1.807) is 11.3 Å². The zero-order valence-corrected chi connectivity index (χ0v) is 17.3. The highest BCUT2D eigenvalue weighted by Crippen LogP contribution is 2.47. The van der Waals surface area contributed by atoms with Gasteiger partial charge in [-0.2, -0.15) is 4.57 Å². The Bertz CT molecular complexity index is 978. The average Bonchev–Trinajstić information content (AvgIpc) is 3.35. The maximum atomic E-state index is 4.73. The average molecular weight is 381 g/mol. The van der Waals surface area contributed by atoms with E-state index in [1.807, 2.05) is 9.36 Å². The Balaban J connectivity index is 1.82. The summed E-state index contributed by atoms with van der Waals surface area (Å²) in [6.45, 7) is 12.3. The molecular formula is C22H28N4S+2. The fourth-order valence-corrected chi connectivity index (χ4v) is 5.36. The van der Waals surface area contributed by atoms with E-state index in [4.69, 9.17) is 5.21 Å². The molecule has 0 radical (unpaired) electrons. The first kappa shape index (κ1) is 18.1. The summed E-state index contributed by atoms with van der Waals surface area (Å²) < 4.78 is 6.46. The summed E-state index contributed by atoms with van der Waals surface area (Å²) >= 11 is 1.80. The second-order valence-corrected chi connectivity index (χ2v) is 8.28. The van der Waals surface area contributed by atoms with Crippen molar-refractivity contribution in [2.24, 2.45) is 0 Å². The maximum absolute atomic E-state index is 4.73. The molecule has 1 aliphatic rings. The zero-order chi connectivity index (χ0) is 19.0. The van der Waals surface area contributed by atoms with E-state index in [-0.39, 0.29) is 5.54 Å². The minimum Gasteiger partial charge on any atom is -0.189 e. The molecule has 0 saturated heterocycles. The van der Waals surface area contributed by atoms with Crippen LogP contribution in [0.4, 0.5) is 0 Å². The number of unbranched alkanes of at least 4 members (excludes halogenated alkanes) is 1. The highest BCUT2D eigenvalue weighted by Gasteiger charge is 2.47. The van der Waals surface area contributed by atoms with Crippen LogP contribution >= 0.6 is 11.3 Å². The molecule has 4 nitrogen and oxygen atoms in total. The Hall–Kier alpha value is -2.27. The molecule has 0 aliphatic carbocycles. The summed E-state index contributed by atoms with van der Waals surface area (Å²) in [6, 6.07) is 8.75. The van der Waals surface area contributed by atoms with E-state index in [0.29, 0.717) is 0 Å². The van der Waals surface area contributed by atoms with Crippen molar-refractivity contribution in [3.63, 3.8) is 0 Å². The van der Waals surface area contributed by atoms with Gasteiger partial charge in [-0.1, -0.05) is 49.8 Å². The van der Waals surface area contributed by atoms with Crippen LogP contribution in [0.3, 0.4) is 0 Å². The molecular weight excluding hydrogens is 352 g/mol. The predicted octanol–water partition coefficient (Wildman–Crippen LogP) is 4.52. The molecule has 0 unspecified atom stereocenters. The van der Waals surface area contributed by atoms with Crippen LogP contribution in [0, 0.1) is 0 Å². The Morgan fingerprint density at radius 1 is 1.19 bits per heavy atom. The first-order valence-electron chi connectivity index (χ1n) is 9.95. The van der Waals surface area contributed by atoms with Crippen molar-refractivity contribution in [1.29, 1.82) is 0 Å². The van der Waals surface area contributed by atoms with Gasteiger partial charge in [0.15, 0.2) is 24.1 Å². The molecule has 140 valence electrons. The molecule has 0 bridgehead atoms. The highest BCUT2D eigenvalue weighted by molar-refractivity contribution is 7.16. The van der Waals surface area contributed by atoms with Crippen LogP contribution in [0.25, 0.3) is 21.8 Å². The first-order valence-corrected chi connectivity index (χ1v) is 10.8. The van der Waals surface area contributed by atoms with E-state index in [1.165, 1.54) is 28.1 Å². The number of hydrogen-bond acceptors (Lipinski definition) is 2. The monoisotopic (exact) mass is 380 g/mol. The first-order chi connectivity index (χ1) is 13.1. The van der Waals surface area contributed by atoms with Gasteiger partial charge in [0.05, 0.1) is 15.7 Å². The molecule has 27 heavy (non-hydrogen) atoms. The van der Waals surface area contributed by atoms with Gasteiger partial charge in [0.1, 0.15) is 6.54 Å². The summed E-state index contributed by atoms with van der Waals surface area (Å²) in [5, 5.41) is 5.87. The van der Waals surface area contributed by atoms with Crippen molar-refractivity contribution in [2.75, 3.05) is 0 Å². The van der Waals surface area contributed by atoms with Gasteiger partial charge in [-0.15, -0.1) is 4.68 Å². The Kier molecular flexibility index (Phi) is 4.72. The predicted molar refractivity (Wildman–Crippen MR) is 110 cm³/mol. The van der Waals surface area contributed by atoms with Gasteiger partial charge in [0, 0.05) is 36.6 Å². The highest BCUT2D eigenvalue weighted by atomic mass is 32.1. The second-order valence-electron chi connectivity index (χ2n) is 7.25. The summed E-state index contributed by atoms with van der Waals surface area (Å²) in [7, 11) is 0. The lowest BCUT2D eigenvalue weighted by molar-refractivity contribution is -0.755. The van der Waals surface area contributed by atoms with Gasteiger partial charge in [-0.25, -0.2) is 0 Å². The van der Waals surface area contributed by atoms with Gasteiger partial charge in [-0.05, 0) is 12.5 Å². The standard InChI is InChI=1S/C22H28N4S/c1-5-8-12-24-14-15-26(23-24)20-16-18-19-11-9-10-13-25(19)22(6-2,7-3)17(4)21(18)27-20/h9-11,13-16H,4-8,12H2,1-3H3/q+2. The fourth-order valence-electron chi connectivity index (χ4n) is 4.20. The largest absolute Gasteiger partial charge is 0.214 e. The summed E-state index contributed by atoms with van der Waals surface area (Å²) in [4.78, 5) is 1.30. The summed E-state index contributed by atoms with van der Waals surface area (Å²) in [6.07, 6.45) is 10.7. The summed E-state index contributed by atoms with van der Waals surface area (Å²) in [5.74, 6) is 0. The lowest BCUT2D eigenvalue weighted by atomic mass is 9.79. The van der Waals surface area contributed by atoms with Crippen LogP contribution in [0.1, 0.15) is 51.3 Å². The number of aryl methyl sites for hydroxylation is 1. The fraction of sp³-hybridized carbons (Fsp3) is 0.409. The minimum absolute atomic E-state index is 0.0448. The van der Waals surface area contributed by atoms with E-state index >= 15 is 0 Å². The van der Waals surface area contributed by atoms with E-state index < -0.39 is 0 Å². The number of nitrogens with zero attached hydrogens (tertiary/aromatic N) is 4. The Morgan fingerprint density at radius 3 is 2.74 bits per heavy atom. The van der Waals surface area contributed by atoms with Gasteiger partial charge >= 0.3 is 0 Å². The number of pyridine rings is 1. The minimum atomic E-state index is -0.0448. The molecule has 4 rings (SSSR count). The molecule has 3 aromatic heterocycles. The van der Waals surface area contributed by atoms with E-state index in [0.717, 1.165) is 30.8 Å². The van der Waals surface area contributed by atoms with Crippen LogP contribution in [0.15, 0.2) is 49.4 Å². The van der Waals surface area contributed by atoms with Crippen LogP contribution in [0.5, 0.6) is 0 Å². The zero-order valence-electron chi connectivity index (χ0n) is 16.5. The van der Waals surface area contributed by atoms with Gasteiger partial charge in [0.25, 0.3) is 0 Å². The van der Waals surface area contributed by atoms with Crippen molar-refractivity contribution in [1.82, 2.24) is 9.90 Å². The molecule has 3 aromatic rings. The molecule has 0 spiro atoms. The van der Waals surface area contributed by atoms with Crippen LogP contribution in [-0.2, 0) is 12.1 Å². The second kappa shape index (κ2) is 7.04. The molecule has 0 saturated carbocycles. The number of allylic oxidation sites excluding steroid dienone is 1. The number of hydrogen-bond donors (Lipinski definition) is 0. The van der Waals surface area contributed by atoms with Gasteiger partial charge < -0.3 is 0 Å².